The third-order valence-corrected chi connectivity index (χ3v) is 3.68. The van der Waals surface area contributed by atoms with E-state index in [-0.39, 0.29) is 0 Å². The highest BCUT2D eigenvalue weighted by Gasteiger charge is 2.07. The Hall–Kier alpha value is -0.380. The summed E-state index contributed by atoms with van der Waals surface area (Å²) in [6.07, 6.45) is 3.85. The van der Waals surface area contributed by atoms with Crippen molar-refractivity contribution in [2.45, 2.75) is 19.3 Å². The average molecular weight is 224 g/mol. The fourth-order valence-electron chi connectivity index (χ4n) is 2.07. The normalized spacial score (nSPS) is 18.9. The van der Waals surface area contributed by atoms with Gasteiger partial charge in [-0.1, -0.05) is 0 Å². The van der Waals surface area contributed by atoms with Gasteiger partial charge in [0, 0.05) is 13.1 Å². The summed E-state index contributed by atoms with van der Waals surface area (Å²) in [6, 6.07) is 2.24. The van der Waals surface area contributed by atoms with Crippen LogP contribution in [0.2, 0.25) is 0 Å². The molecule has 1 aromatic heterocycles. The van der Waals surface area contributed by atoms with Gasteiger partial charge in [-0.15, -0.1) is 0 Å². The van der Waals surface area contributed by atoms with Gasteiger partial charge >= 0.3 is 0 Å². The second-order valence-corrected chi connectivity index (χ2v) is 4.96. The van der Waals surface area contributed by atoms with E-state index < -0.39 is 0 Å². The molecule has 2 heterocycles. The van der Waals surface area contributed by atoms with Gasteiger partial charge in [-0.25, -0.2) is 0 Å². The molecule has 1 aromatic rings. The van der Waals surface area contributed by atoms with E-state index in [1.165, 1.54) is 57.5 Å². The fourth-order valence-corrected chi connectivity index (χ4v) is 2.77. The molecular weight excluding hydrogens is 204 g/mol. The van der Waals surface area contributed by atoms with E-state index >= 15 is 0 Å². The standard InChI is InChI=1S/C12H20N2S/c1(3-12-4-10-15-11-12)7-14-8-2-5-13-6-9-14/h4,10-11,13H,1-3,5-9H2. The predicted octanol–water partition coefficient (Wildman–Crippen LogP) is 1.98. The molecule has 0 amide bonds. The molecule has 0 aromatic carbocycles. The number of hydrogen-bond donors (Lipinski definition) is 1. The Morgan fingerprint density at radius 3 is 3.20 bits per heavy atom. The zero-order chi connectivity index (χ0) is 10.3. The maximum atomic E-state index is 3.44. The Morgan fingerprint density at radius 1 is 1.33 bits per heavy atom. The molecule has 3 heteroatoms. The first kappa shape index (κ1) is 11.1. The lowest BCUT2D eigenvalue weighted by atomic mass is 10.2. The minimum absolute atomic E-state index is 1.17. The van der Waals surface area contributed by atoms with Gasteiger partial charge in [0.25, 0.3) is 0 Å². The van der Waals surface area contributed by atoms with Crippen LogP contribution in [0.4, 0.5) is 0 Å². The van der Waals surface area contributed by atoms with Crippen LogP contribution in [0.1, 0.15) is 18.4 Å². The minimum Gasteiger partial charge on any atom is -0.315 e. The molecular formula is C12H20N2S. The minimum atomic E-state index is 1.17. The summed E-state index contributed by atoms with van der Waals surface area (Å²) >= 11 is 1.81. The Bertz CT molecular complexity index is 251. The molecule has 1 aliphatic rings. The molecule has 1 saturated heterocycles. The van der Waals surface area contributed by atoms with Gasteiger partial charge in [0.15, 0.2) is 0 Å². The van der Waals surface area contributed by atoms with Crippen molar-refractivity contribution in [2.75, 3.05) is 32.7 Å². The second-order valence-electron chi connectivity index (χ2n) is 4.18. The van der Waals surface area contributed by atoms with E-state index in [0.717, 1.165) is 0 Å². The number of hydrogen-bond acceptors (Lipinski definition) is 3. The molecule has 2 nitrogen and oxygen atoms in total. The van der Waals surface area contributed by atoms with Crippen molar-refractivity contribution in [3.05, 3.63) is 22.4 Å². The van der Waals surface area contributed by atoms with Crippen molar-refractivity contribution in [1.29, 1.82) is 0 Å². The molecule has 0 spiro atoms. The largest absolute Gasteiger partial charge is 0.315 e. The zero-order valence-electron chi connectivity index (χ0n) is 9.24. The van der Waals surface area contributed by atoms with Crippen LogP contribution in [0.15, 0.2) is 16.8 Å². The predicted molar refractivity (Wildman–Crippen MR) is 66.6 cm³/mol. The molecule has 2 rings (SSSR count). The highest BCUT2D eigenvalue weighted by atomic mass is 32.1. The van der Waals surface area contributed by atoms with Crippen molar-refractivity contribution in [3.8, 4) is 0 Å². The molecule has 0 bridgehead atoms. The number of aryl methyl sites for hydroxylation is 1. The van der Waals surface area contributed by atoms with E-state index in [9.17, 15) is 0 Å². The van der Waals surface area contributed by atoms with Crippen LogP contribution in [-0.4, -0.2) is 37.6 Å². The smallest absolute Gasteiger partial charge is 0.0107 e. The van der Waals surface area contributed by atoms with Gasteiger partial charge in [0.2, 0.25) is 0 Å². The van der Waals surface area contributed by atoms with Crippen LogP contribution in [-0.2, 0) is 6.42 Å². The summed E-state index contributed by atoms with van der Waals surface area (Å²) in [7, 11) is 0. The molecule has 0 radical (unpaired) electrons. The third-order valence-electron chi connectivity index (χ3n) is 2.95. The fraction of sp³-hybridized carbons (Fsp3) is 0.667. The summed E-state index contributed by atoms with van der Waals surface area (Å²) in [5.41, 5.74) is 1.51. The van der Waals surface area contributed by atoms with Crippen molar-refractivity contribution >= 4 is 11.3 Å². The number of nitrogens with one attached hydrogen (secondary N) is 1. The van der Waals surface area contributed by atoms with E-state index in [1.54, 1.807) is 11.3 Å². The molecule has 1 N–H and O–H groups in total. The van der Waals surface area contributed by atoms with Crippen LogP contribution in [0, 0.1) is 0 Å². The van der Waals surface area contributed by atoms with Crippen molar-refractivity contribution < 1.29 is 0 Å². The molecule has 84 valence electrons. The van der Waals surface area contributed by atoms with E-state index in [1.807, 2.05) is 0 Å². The zero-order valence-corrected chi connectivity index (χ0v) is 10.1. The molecule has 0 atom stereocenters. The average Bonchev–Trinajstić information content (AvgIpc) is 2.62. The van der Waals surface area contributed by atoms with Crippen molar-refractivity contribution in [3.63, 3.8) is 0 Å². The lowest BCUT2D eigenvalue weighted by Crippen LogP contribution is -2.29. The van der Waals surface area contributed by atoms with E-state index in [2.05, 4.69) is 27.0 Å². The van der Waals surface area contributed by atoms with Crippen LogP contribution in [0.25, 0.3) is 0 Å². The van der Waals surface area contributed by atoms with E-state index in [0.29, 0.717) is 0 Å². The molecule has 0 saturated carbocycles. The molecule has 0 unspecified atom stereocenters. The summed E-state index contributed by atoms with van der Waals surface area (Å²) in [5.74, 6) is 0. The topological polar surface area (TPSA) is 15.3 Å². The SMILES string of the molecule is c1cc(CCCN2CCCNCC2)cs1. The number of thiophene rings is 1. The van der Waals surface area contributed by atoms with Crippen LogP contribution in [0.5, 0.6) is 0 Å². The molecule has 1 fully saturated rings. The second kappa shape index (κ2) is 6.26. The van der Waals surface area contributed by atoms with Crippen molar-refractivity contribution in [2.24, 2.45) is 0 Å². The summed E-state index contributed by atoms with van der Waals surface area (Å²) < 4.78 is 0. The quantitative estimate of drug-likeness (QED) is 0.841. The monoisotopic (exact) mass is 224 g/mol. The van der Waals surface area contributed by atoms with Gasteiger partial charge in [-0.3, -0.25) is 0 Å². The Balaban J connectivity index is 1.64. The number of nitrogens with zero attached hydrogens (tertiary/aromatic N) is 1. The van der Waals surface area contributed by atoms with Crippen LogP contribution < -0.4 is 5.32 Å². The Morgan fingerprint density at radius 2 is 2.33 bits per heavy atom. The Kier molecular flexibility index (Phi) is 4.64. The van der Waals surface area contributed by atoms with Crippen LogP contribution >= 0.6 is 11.3 Å². The highest BCUT2D eigenvalue weighted by molar-refractivity contribution is 7.07. The lowest BCUT2D eigenvalue weighted by molar-refractivity contribution is 0.289. The van der Waals surface area contributed by atoms with Gasteiger partial charge in [-0.05, 0) is 61.3 Å². The van der Waals surface area contributed by atoms with E-state index in [4.69, 9.17) is 0 Å². The maximum Gasteiger partial charge on any atom is 0.0107 e. The molecule has 15 heavy (non-hydrogen) atoms. The summed E-state index contributed by atoms with van der Waals surface area (Å²) in [4.78, 5) is 2.59. The third kappa shape index (κ3) is 3.93. The first-order valence-electron chi connectivity index (χ1n) is 5.89. The molecule has 1 aliphatic heterocycles. The highest BCUT2D eigenvalue weighted by Crippen LogP contribution is 2.09. The van der Waals surface area contributed by atoms with Gasteiger partial charge in [-0.2, -0.15) is 11.3 Å². The maximum absolute atomic E-state index is 3.44. The first-order valence-corrected chi connectivity index (χ1v) is 6.83. The lowest BCUT2D eigenvalue weighted by Gasteiger charge is -2.18. The van der Waals surface area contributed by atoms with Gasteiger partial charge < -0.3 is 10.2 Å². The summed E-state index contributed by atoms with van der Waals surface area (Å²) in [5, 5.41) is 7.88. The Labute approximate surface area is 96.3 Å². The number of rotatable bonds is 4. The summed E-state index contributed by atoms with van der Waals surface area (Å²) in [6.45, 7) is 6.12. The van der Waals surface area contributed by atoms with Crippen molar-refractivity contribution in [1.82, 2.24) is 10.2 Å². The van der Waals surface area contributed by atoms with Gasteiger partial charge in [0.1, 0.15) is 0 Å². The first-order chi connectivity index (χ1) is 7.45. The van der Waals surface area contributed by atoms with Gasteiger partial charge in [0.05, 0.1) is 0 Å². The molecule has 0 aliphatic carbocycles. The van der Waals surface area contributed by atoms with Crippen LogP contribution in [0.3, 0.4) is 0 Å².